The number of nitrogens with zero attached hydrogens (tertiary/aromatic N) is 3. The molecule has 2 amide bonds. The highest BCUT2D eigenvalue weighted by atomic mass is 19.1. The van der Waals surface area contributed by atoms with E-state index in [0.29, 0.717) is 35.4 Å². The summed E-state index contributed by atoms with van der Waals surface area (Å²) in [6.07, 6.45) is -0.470. The van der Waals surface area contributed by atoms with E-state index in [9.17, 15) is 14.0 Å². The fourth-order valence-corrected chi connectivity index (χ4v) is 3.24. The summed E-state index contributed by atoms with van der Waals surface area (Å²) in [7, 11) is 0. The molecular weight excluding hydrogens is 379 g/mol. The number of aromatic nitrogens is 2. The Morgan fingerprint density at radius 1 is 1.31 bits per heavy atom. The van der Waals surface area contributed by atoms with E-state index in [1.165, 1.54) is 21.7 Å². The lowest BCUT2D eigenvalue weighted by atomic mass is 10.2. The van der Waals surface area contributed by atoms with Crippen LogP contribution in [-0.4, -0.2) is 48.1 Å². The topological polar surface area (TPSA) is 85.7 Å². The number of hydrogen-bond donors (Lipinski definition) is 1. The van der Waals surface area contributed by atoms with E-state index in [4.69, 9.17) is 9.47 Å². The maximum absolute atomic E-state index is 13.8. The van der Waals surface area contributed by atoms with Gasteiger partial charge in [-0.2, -0.15) is 0 Å². The molecule has 4 rings (SSSR count). The molecule has 0 aliphatic carbocycles. The molecule has 3 aromatic rings. The molecule has 1 aliphatic heterocycles. The van der Waals surface area contributed by atoms with Gasteiger partial charge in [0.1, 0.15) is 19.0 Å². The number of anilines is 2. The number of amides is 2. The Labute approximate surface area is 165 Å². The fourth-order valence-electron chi connectivity index (χ4n) is 3.24. The van der Waals surface area contributed by atoms with Gasteiger partial charge in [0.25, 0.3) is 5.91 Å². The first-order chi connectivity index (χ1) is 14.1. The van der Waals surface area contributed by atoms with Gasteiger partial charge in [0.15, 0.2) is 5.82 Å². The second kappa shape index (κ2) is 7.88. The number of cyclic esters (lactones) is 1. The van der Waals surface area contributed by atoms with Crippen LogP contribution in [0.25, 0.3) is 16.6 Å². The second-order valence-corrected chi connectivity index (χ2v) is 6.36. The summed E-state index contributed by atoms with van der Waals surface area (Å²) in [6, 6.07) is 11.3. The van der Waals surface area contributed by atoms with E-state index in [2.05, 4.69) is 10.4 Å². The van der Waals surface area contributed by atoms with Crippen molar-refractivity contribution in [2.24, 2.45) is 0 Å². The Hall–Kier alpha value is -3.46. The van der Waals surface area contributed by atoms with Gasteiger partial charge in [0.2, 0.25) is 0 Å². The van der Waals surface area contributed by atoms with Crippen molar-refractivity contribution in [1.29, 1.82) is 0 Å². The molecule has 9 heteroatoms. The summed E-state index contributed by atoms with van der Waals surface area (Å²) in [5, 5.41) is 7.78. The summed E-state index contributed by atoms with van der Waals surface area (Å²) < 4.78 is 25.5. The molecule has 8 nitrogen and oxygen atoms in total. The minimum atomic E-state index is -0.470. The predicted octanol–water partition coefficient (Wildman–Crippen LogP) is 3.10. The summed E-state index contributed by atoms with van der Waals surface area (Å²) in [5.41, 5.74) is 1.65. The first kappa shape index (κ1) is 18.9. The van der Waals surface area contributed by atoms with Crippen molar-refractivity contribution in [3.8, 4) is 5.69 Å². The number of ether oxygens (including phenoxy) is 2. The van der Waals surface area contributed by atoms with Crippen molar-refractivity contribution in [3.63, 3.8) is 0 Å². The molecule has 0 spiro atoms. The van der Waals surface area contributed by atoms with Crippen LogP contribution in [0.2, 0.25) is 0 Å². The van der Waals surface area contributed by atoms with E-state index < -0.39 is 11.9 Å². The first-order valence-electron chi connectivity index (χ1n) is 9.18. The lowest BCUT2D eigenvalue weighted by Gasteiger charge is -2.14. The van der Waals surface area contributed by atoms with Crippen molar-refractivity contribution >= 4 is 34.4 Å². The quantitative estimate of drug-likeness (QED) is 0.690. The Kier molecular flexibility index (Phi) is 5.13. The highest BCUT2D eigenvalue weighted by Crippen LogP contribution is 2.35. The standard InChI is InChI=1S/C20H19FN4O4/c1-2-28-12-17(26)22-19-18-15(24-9-10-29-20(24)27)7-4-8-16(18)25(23-19)14-6-3-5-13(21)11-14/h3-8,11H,2,9-10,12H2,1H3,(H,22,23,26). The summed E-state index contributed by atoms with van der Waals surface area (Å²) >= 11 is 0. The first-order valence-corrected chi connectivity index (χ1v) is 9.18. The molecule has 2 aromatic carbocycles. The largest absolute Gasteiger partial charge is 0.447 e. The number of carbonyl (C=O) groups is 2. The zero-order valence-electron chi connectivity index (χ0n) is 15.7. The fraction of sp³-hybridized carbons (Fsp3) is 0.250. The van der Waals surface area contributed by atoms with Gasteiger partial charge >= 0.3 is 6.09 Å². The Morgan fingerprint density at radius 2 is 2.14 bits per heavy atom. The zero-order valence-corrected chi connectivity index (χ0v) is 15.7. The van der Waals surface area contributed by atoms with Gasteiger partial charge in [-0.3, -0.25) is 9.69 Å². The average molecular weight is 398 g/mol. The molecular formula is C20H19FN4O4. The molecule has 2 heterocycles. The van der Waals surface area contributed by atoms with Crippen LogP contribution in [0, 0.1) is 5.82 Å². The molecule has 1 fully saturated rings. The molecule has 1 N–H and O–H groups in total. The molecule has 1 aliphatic rings. The molecule has 150 valence electrons. The van der Waals surface area contributed by atoms with Gasteiger partial charge in [-0.1, -0.05) is 12.1 Å². The van der Waals surface area contributed by atoms with Gasteiger partial charge in [-0.05, 0) is 37.3 Å². The Morgan fingerprint density at radius 3 is 2.86 bits per heavy atom. The van der Waals surface area contributed by atoms with E-state index in [-0.39, 0.29) is 24.9 Å². The molecule has 1 aromatic heterocycles. The minimum Gasteiger partial charge on any atom is -0.447 e. The van der Waals surface area contributed by atoms with E-state index >= 15 is 0 Å². The van der Waals surface area contributed by atoms with Crippen molar-refractivity contribution < 1.29 is 23.5 Å². The summed E-state index contributed by atoms with van der Waals surface area (Å²) in [6.45, 7) is 2.72. The van der Waals surface area contributed by atoms with Crippen LogP contribution < -0.4 is 10.2 Å². The molecule has 0 atom stereocenters. The van der Waals surface area contributed by atoms with Crippen LogP contribution in [0.15, 0.2) is 42.5 Å². The van der Waals surface area contributed by atoms with E-state index in [0.717, 1.165) is 0 Å². The Bertz CT molecular complexity index is 1080. The predicted molar refractivity (Wildman–Crippen MR) is 105 cm³/mol. The Balaban J connectivity index is 1.87. The molecule has 0 bridgehead atoms. The van der Waals surface area contributed by atoms with Gasteiger partial charge in [0, 0.05) is 6.61 Å². The maximum Gasteiger partial charge on any atom is 0.414 e. The van der Waals surface area contributed by atoms with Gasteiger partial charge < -0.3 is 14.8 Å². The normalized spacial score (nSPS) is 13.7. The van der Waals surface area contributed by atoms with Crippen molar-refractivity contribution in [1.82, 2.24) is 9.78 Å². The third-order valence-electron chi connectivity index (χ3n) is 4.48. The SMILES string of the molecule is CCOCC(=O)Nc1nn(-c2cccc(F)c2)c2cccc(N3CCOC3=O)c12. The number of nitrogens with one attached hydrogen (secondary N) is 1. The van der Waals surface area contributed by atoms with Crippen molar-refractivity contribution in [3.05, 3.63) is 48.3 Å². The lowest BCUT2D eigenvalue weighted by Crippen LogP contribution is -2.24. The summed E-state index contributed by atoms with van der Waals surface area (Å²) in [5.74, 6) is -0.534. The average Bonchev–Trinajstić information content (AvgIpc) is 3.30. The van der Waals surface area contributed by atoms with E-state index in [1.807, 2.05) is 0 Å². The number of benzene rings is 2. The van der Waals surface area contributed by atoms with Crippen LogP contribution in [0.4, 0.5) is 20.7 Å². The molecule has 0 saturated carbocycles. The van der Waals surface area contributed by atoms with Crippen LogP contribution in [0.3, 0.4) is 0 Å². The van der Waals surface area contributed by atoms with E-state index in [1.54, 1.807) is 37.3 Å². The lowest BCUT2D eigenvalue weighted by molar-refractivity contribution is -0.120. The van der Waals surface area contributed by atoms with Crippen LogP contribution >= 0.6 is 0 Å². The highest BCUT2D eigenvalue weighted by molar-refractivity contribution is 6.10. The third-order valence-corrected chi connectivity index (χ3v) is 4.48. The van der Waals surface area contributed by atoms with Crippen LogP contribution in [0.1, 0.15) is 6.92 Å². The number of fused-ring (bicyclic) bond motifs is 1. The monoisotopic (exact) mass is 398 g/mol. The molecule has 1 saturated heterocycles. The van der Waals surface area contributed by atoms with Gasteiger partial charge in [-0.25, -0.2) is 13.9 Å². The maximum atomic E-state index is 13.8. The van der Waals surface area contributed by atoms with Crippen LogP contribution in [0.5, 0.6) is 0 Å². The second-order valence-electron chi connectivity index (χ2n) is 6.36. The third kappa shape index (κ3) is 3.64. The number of halogens is 1. The summed E-state index contributed by atoms with van der Waals surface area (Å²) in [4.78, 5) is 25.9. The highest BCUT2D eigenvalue weighted by Gasteiger charge is 2.28. The number of hydrogen-bond acceptors (Lipinski definition) is 5. The minimum absolute atomic E-state index is 0.126. The number of carbonyl (C=O) groups excluding carboxylic acids is 2. The smallest absolute Gasteiger partial charge is 0.414 e. The van der Waals surface area contributed by atoms with Crippen LogP contribution in [-0.2, 0) is 14.3 Å². The molecule has 0 unspecified atom stereocenters. The number of rotatable bonds is 6. The molecule has 29 heavy (non-hydrogen) atoms. The van der Waals surface area contributed by atoms with Crippen molar-refractivity contribution in [2.75, 3.05) is 36.6 Å². The molecule has 0 radical (unpaired) electrons. The van der Waals surface area contributed by atoms with Crippen molar-refractivity contribution in [2.45, 2.75) is 6.92 Å². The van der Waals surface area contributed by atoms with Gasteiger partial charge in [0.05, 0.1) is 28.8 Å². The van der Waals surface area contributed by atoms with Gasteiger partial charge in [-0.15, -0.1) is 5.10 Å². The zero-order chi connectivity index (χ0) is 20.4.